The highest BCUT2D eigenvalue weighted by Crippen LogP contribution is 2.24. The van der Waals surface area contributed by atoms with Crippen molar-refractivity contribution in [2.75, 3.05) is 5.01 Å². The van der Waals surface area contributed by atoms with Gasteiger partial charge >= 0.3 is 0 Å². The highest BCUT2D eigenvalue weighted by atomic mass is 16.2. The highest BCUT2D eigenvalue weighted by Gasteiger charge is 2.27. The van der Waals surface area contributed by atoms with E-state index in [4.69, 9.17) is 0 Å². The monoisotopic (exact) mass is 244 g/mol. The van der Waals surface area contributed by atoms with Crippen molar-refractivity contribution in [1.29, 1.82) is 0 Å². The number of rotatable bonds is 3. The number of nitrogens with zero attached hydrogens (tertiary/aromatic N) is 5. The second kappa shape index (κ2) is 4.17. The minimum atomic E-state index is -0.0620. The molecule has 0 bridgehead atoms. The lowest BCUT2D eigenvalue weighted by molar-refractivity contribution is -0.116. The Morgan fingerprint density at radius 3 is 3.11 bits per heavy atom. The fourth-order valence-electron chi connectivity index (χ4n) is 1.99. The van der Waals surface area contributed by atoms with Crippen molar-refractivity contribution in [3.05, 3.63) is 12.7 Å². The predicted octanol–water partition coefficient (Wildman–Crippen LogP) is 1.25. The molecule has 1 N–H and O–H groups in total. The van der Waals surface area contributed by atoms with Crippen LogP contribution >= 0.6 is 0 Å². The first kappa shape index (κ1) is 10.8. The number of imidazole rings is 1. The standard InChI is InChI=1S/C11H12N6O/c1-2-3-7-4-8(18)17(16-7)11-9-10(13-5-12-9)14-6-15-11/h5-6H,2-4H2,1H3,(H,12,13,14,15). The van der Waals surface area contributed by atoms with Gasteiger partial charge in [0.05, 0.1) is 12.7 Å². The molecule has 92 valence electrons. The van der Waals surface area contributed by atoms with Crippen molar-refractivity contribution in [2.45, 2.75) is 26.2 Å². The molecule has 0 aliphatic carbocycles. The Balaban J connectivity index is 2.04. The molecule has 1 aliphatic rings. The molecule has 0 saturated carbocycles. The van der Waals surface area contributed by atoms with Crippen LogP contribution in [0.1, 0.15) is 26.2 Å². The Morgan fingerprint density at radius 2 is 2.28 bits per heavy atom. The number of hydrogen-bond acceptors (Lipinski definition) is 5. The highest BCUT2D eigenvalue weighted by molar-refractivity contribution is 6.14. The maximum atomic E-state index is 11.9. The number of anilines is 1. The average Bonchev–Trinajstić information content (AvgIpc) is 2.95. The Kier molecular flexibility index (Phi) is 2.51. The van der Waals surface area contributed by atoms with Gasteiger partial charge in [-0.3, -0.25) is 4.79 Å². The molecule has 2 aromatic heterocycles. The average molecular weight is 244 g/mol. The summed E-state index contributed by atoms with van der Waals surface area (Å²) in [5, 5.41) is 5.66. The minimum Gasteiger partial charge on any atom is -0.340 e. The second-order valence-electron chi connectivity index (χ2n) is 4.10. The van der Waals surface area contributed by atoms with Gasteiger partial charge < -0.3 is 4.98 Å². The number of amides is 1. The summed E-state index contributed by atoms with van der Waals surface area (Å²) in [5.74, 6) is 0.404. The zero-order valence-electron chi connectivity index (χ0n) is 9.92. The molecule has 7 heteroatoms. The Hall–Kier alpha value is -2.31. The first-order valence-electron chi connectivity index (χ1n) is 5.83. The van der Waals surface area contributed by atoms with Crippen LogP contribution in [-0.2, 0) is 4.79 Å². The molecule has 0 saturated heterocycles. The predicted molar refractivity (Wildman–Crippen MR) is 66.1 cm³/mol. The number of carbonyl (C=O) groups excluding carboxylic acids is 1. The molecule has 0 radical (unpaired) electrons. The number of nitrogens with one attached hydrogen (secondary N) is 1. The molecule has 0 aromatic carbocycles. The van der Waals surface area contributed by atoms with Gasteiger partial charge in [0, 0.05) is 5.71 Å². The first-order chi connectivity index (χ1) is 8.79. The van der Waals surface area contributed by atoms with Gasteiger partial charge in [0.2, 0.25) is 0 Å². The fourth-order valence-corrected chi connectivity index (χ4v) is 1.99. The normalized spacial score (nSPS) is 15.5. The van der Waals surface area contributed by atoms with Gasteiger partial charge in [-0.2, -0.15) is 10.1 Å². The van der Waals surface area contributed by atoms with Crippen LogP contribution in [0, 0.1) is 0 Å². The number of H-pyrrole nitrogens is 1. The molecule has 2 aromatic rings. The van der Waals surface area contributed by atoms with Crippen LogP contribution in [0.25, 0.3) is 11.2 Å². The zero-order chi connectivity index (χ0) is 12.5. The van der Waals surface area contributed by atoms with E-state index >= 15 is 0 Å². The number of hydrazone groups is 1. The summed E-state index contributed by atoms with van der Waals surface area (Å²) in [4.78, 5) is 27.0. The van der Waals surface area contributed by atoms with Gasteiger partial charge in [0.25, 0.3) is 5.91 Å². The van der Waals surface area contributed by atoms with Gasteiger partial charge in [-0.1, -0.05) is 13.3 Å². The Labute approximate surface area is 103 Å². The van der Waals surface area contributed by atoms with Crippen LogP contribution in [-0.4, -0.2) is 31.6 Å². The molecule has 3 rings (SSSR count). The van der Waals surface area contributed by atoms with Gasteiger partial charge in [-0.25, -0.2) is 15.0 Å². The van der Waals surface area contributed by atoms with Crippen molar-refractivity contribution in [3.63, 3.8) is 0 Å². The Bertz CT molecular complexity index is 631. The summed E-state index contributed by atoms with van der Waals surface area (Å²) in [5.41, 5.74) is 2.06. The number of aromatic nitrogens is 4. The van der Waals surface area contributed by atoms with Gasteiger partial charge in [0.15, 0.2) is 11.5 Å². The third kappa shape index (κ3) is 1.64. The summed E-state index contributed by atoms with van der Waals surface area (Å²) in [7, 11) is 0. The molecule has 0 spiro atoms. The van der Waals surface area contributed by atoms with E-state index < -0.39 is 0 Å². The molecular formula is C11H12N6O. The maximum Gasteiger partial charge on any atom is 0.254 e. The quantitative estimate of drug-likeness (QED) is 0.880. The summed E-state index contributed by atoms with van der Waals surface area (Å²) in [6.45, 7) is 2.06. The lowest BCUT2D eigenvalue weighted by Gasteiger charge is -2.10. The van der Waals surface area contributed by atoms with Crippen molar-refractivity contribution >= 4 is 28.6 Å². The smallest absolute Gasteiger partial charge is 0.254 e. The summed E-state index contributed by atoms with van der Waals surface area (Å²) >= 11 is 0. The van der Waals surface area contributed by atoms with Gasteiger partial charge in [0.1, 0.15) is 11.8 Å². The SMILES string of the molecule is CCCC1=NN(c2ncnc3nc[nH]c23)C(=O)C1. The zero-order valence-corrected chi connectivity index (χ0v) is 9.92. The molecule has 1 aliphatic heterocycles. The molecule has 18 heavy (non-hydrogen) atoms. The number of hydrogen-bond donors (Lipinski definition) is 1. The van der Waals surface area contributed by atoms with Crippen LogP contribution < -0.4 is 5.01 Å². The molecule has 0 atom stereocenters. The van der Waals surface area contributed by atoms with Crippen molar-refractivity contribution in [3.8, 4) is 0 Å². The van der Waals surface area contributed by atoms with Crippen LogP contribution in [0.3, 0.4) is 0 Å². The molecule has 3 heterocycles. The van der Waals surface area contributed by atoms with E-state index in [1.165, 1.54) is 17.7 Å². The lowest BCUT2D eigenvalue weighted by atomic mass is 10.2. The Morgan fingerprint density at radius 1 is 1.39 bits per heavy atom. The van der Waals surface area contributed by atoms with Crippen molar-refractivity contribution in [1.82, 2.24) is 19.9 Å². The van der Waals surface area contributed by atoms with E-state index in [0.717, 1.165) is 18.6 Å². The first-order valence-corrected chi connectivity index (χ1v) is 5.83. The lowest BCUT2D eigenvalue weighted by Crippen LogP contribution is -2.21. The third-order valence-corrected chi connectivity index (χ3v) is 2.78. The van der Waals surface area contributed by atoms with Crippen LogP contribution in [0.2, 0.25) is 0 Å². The maximum absolute atomic E-state index is 11.9. The van der Waals surface area contributed by atoms with E-state index in [-0.39, 0.29) is 5.91 Å². The second-order valence-corrected chi connectivity index (χ2v) is 4.10. The summed E-state index contributed by atoms with van der Waals surface area (Å²) in [6, 6.07) is 0. The van der Waals surface area contributed by atoms with Crippen LogP contribution in [0.5, 0.6) is 0 Å². The summed E-state index contributed by atoms with van der Waals surface area (Å²) < 4.78 is 0. The van der Waals surface area contributed by atoms with Crippen molar-refractivity contribution < 1.29 is 4.79 Å². The fraction of sp³-hybridized carbons (Fsp3) is 0.364. The van der Waals surface area contributed by atoms with Crippen LogP contribution in [0.15, 0.2) is 17.8 Å². The number of fused-ring (bicyclic) bond motifs is 1. The van der Waals surface area contributed by atoms with Gasteiger partial charge in [-0.05, 0) is 6.42 Å². The third-order valence-electron chi connectivity index (χ3n) is 2.78. The summed E-state index contributed by atoms with van der Waals surface area (Å²) in [6.07, 6.45) is 5.09. The van der Waals surface area contributed by atoms with E-state index in [1.807, 2.05) is 0 Å². The molecule has 7 nitrogen and oxygen atoms in total. The number of carbonyl (C=O) groups is 1. The topological polar surface area (TPSA) is 87.1 Å². The van der Waals surface area contributed by atoms with E-state index in [9.17, 15) is 4.79 Å². The molecule has 0 fully saturated rings. The largest absolute Gasteiger partial charge is 0.340 e. The minimum absolute atomic E-state index is 0.0620. The van der Waals surface area contributed by atoms with Crippen LogP contribution in [0.4, 0.5) is 5.82 Å². The molecular weight excluding hydrogens is 232 g/mol. The van der Waals surface area contributed by atoms with E-state index in [2.05, 4.69) is 32.0 Å². The van der Waals surface area contributed by atoms with Gasteiger partial charge in [-0.15, -0.1) is 0 Å². The van der Waals surface area contributed by atoms with E-state index in [1.54, 1.807) is 0 Å². The molecule has 1 amide bonds. The van der Waals surface area contributed by atoms with Crippen molar-refractivity contribution in [2.24, 2.45) is 5.10 Å². The molecule has 0 unspecified atom stereocenters. The number of aromatic amines is 1. The van der Waals surface area contributed by atoms with E-state index in [0.29, 0.717) is 23.4 Å².